The summed E-state index contributed by atoms with van der Waals surface area (Å²) in [5, 5.41) is 8.36. The molecule has 22 heavy (non-hydrogen) atoms. The van der Waals surface area contributed by atoms with Crippen molar-refractivity contribution in [2.45, 2.75) is 26.2 Å². The van der Waals surface area contributed by atoms with E-state index in [1.807, 2.05) is 24.4 Å². The molecule has 0 radical (unpaired) electrons. The molecule has 6 heteroatoms. The number of piperidine rings is 1. The molecule has 1 aliphatic rings. The lowest BCUT2D eigenvalue weighted by molar-refractivity contribution is -0.120. The van der Waals surface area contributed by atoms with Crippen molar-refractivity contribution in [3.05, 3.63) is 29.0 Å². The van der Waals surface area contributed by atoms with Crippen molar-refractivity contribution >= 4 is 17.2 Å². The van der Waals surface area contributed by atoms with E-state index in [1.165, 1.54) is 12.8 Å². The summed E-state index contributed by atoms with van der Waals surface area (Å²) < 4.78 is 5.66. The maximum absolute atomic E-state index is 12.1. The number of thiophene rings is 1. The number of carbonyl (C=O) groups excluding carboxylic acids is 1. The molecule has 1 amide bonds. The summed E-state index contributed by atoms with van der Waals surface area (Å²) in [7, 11) is 0. The van der Waals surface area contributed by atoms with Crippen molar-refractivity contribution in [2.24, 2.45) is 5.92 Å². The molecule has 1 saturated heterocycles. The number of hydrogen-bond donors (Lipinski definition) is 2. The Balaban J connectivity index is 1.55. The van der Waals surface area contributed by atoms with Crippen molar-refractivity contribution in [3.8, 4) is 10.8 Å². The van der Waals surface area contributed by atoms with Crippen LogP contribution in [0.3, 0.4) is 0 Å². The number of aromatic nitrogens is 1. The van der Waals surface area contributed by atoms with Gasteiger partial charge in [-0.3, -0.25) is 4.79 Å². The molecule has 0 bridgehead atoms. The summed E-state index contributed by atoms with van der Waals surface area (Å²) in [4.78, 5) is 17.5. The maximum Gasteiger partial charge on any atom is 0.236 e. The Morgan fingerprint density at radius 3 is 3.23 bits per heavy atom. The molecule has 3 heterocycles. The van der Waals surface area contributed by atoms with Gasteiger partial charge in [-0.25, -0.2) is 4.98 Å². The van der Waals surface area contributed by atoms with Crippen molar-refractivity contribution < 1.29 is 9.21 Å². The van der Waals surface area contributed by atoms with Crippen molar-refractivity contribution in [2.75, 3.05) is 19.6 Å². The fraction of sp³-hybridized carbons (Fsp3) is 0.500. The predicted molar refractivity (Wildman–Crippen MR) is 86.9 cm³/mol. The molecule has 1 atom stereocenters. The van der Waals surface area contributed by atoms with E-state index in [2.05, 4.69) is 15.6 Å². The van der Waals surface area contributed by atoms with E-state index in [-0.39, 0.29) is 12.3 Å². The van der Waals surface area contributed by atoms with Gasteiger partial charge in [-0.05, 0) is 50.2 Å². The third-order valence-electron chi connectivity index (χ3n) is 3.94. The van der Waals surface area contributed by atoms with E-state index in [0.717, 1.165) is 36.0 Å². The Kier molecular flexibility index (Phi) is 4.90. The van der Waals surface area contributed by atoms with E-state index in [0.29, 0.717) is 11.8 Å². The molecular weight excluding hydrogens is 298 g/mol. The number of rotatable bonds is 5. The molecule has 2 aromatic heterocycles. The fourth-order valence-electron chi connectivity index (χ4n) is 2.67. The molecular formula is C16H21N3O2S. The van der Waals surface area contributed by atoms with Gasteiger partial charge in [-0.15, -0.1) is 11.3 Å². The zero-order chi connectivity index (χ0) is 15.4. The van der Waals surface area contributed by atoms with E-state index in [4.69, 9.17) is 4.42 Å². The van der Waals surface area contributed by atoms with Crippen LogP contribution in [0.25, 0.3) is 10.8 Å². The van der Waals surface area contributed by atoms with Gasteiger partial charge in [0, 0.05) is 6.54 Å². The average molecular weight is 319 g/mol. The Morgan fingerprint density at radius 1 is 1.59 bits per heavy atom. The molecule has 0 aliphatic carbocycles. The van der Waals surface area contributed by atoms with Crippen LogP contribution in [-0.2, 0) is 11.2 Å². The van der Waals surface area contributed by atoms with Gasteiger partial charge in [-0.1, -0.05) is 6.07 Å². The monoisotopic (exact) mass is 319 g/mol. The molecule has 5 nitrogen and oxygen atoms in total. The van der Waals surface area contributed by atoms with Crippen molar-refractivity contribution in [1.82, 2.24) is 15.6 Å². The molecule has 118 valence electrons. The van der Waals surface area contributed by atoms with Gasteiger partial charge >= 0.3 is 0 Å². The van der Waals surface area contributed by atoms with Crippen LogP contribution >= 0.6 is 11.3 Å². The molecule has 2 aromatic rings. The van der Waals surface area contributed by atoms with E-state index >= 15 is 0 Å². The highest BCUT2D eigenvalue weighted by atomic mass is 32.1. The van der Waals surface area contributed by atoms with Crippen LogP contribution in [0.5, 0.6) is 0 Å². The van der Waals surface area contributed by atoms with Gasteiger partial charge < -0.3 is 15.1 Å². The lowest BCUT2D eigenvalue weighted by Gasteiger charge is -2.22. The second-order valence-electron chi connectivity index (χ2n) is 5.69. The highest BCUT2D eigenvalue weighted by Crippen LogP contribution is 2.26. The Morgan fingerprint density at radius 2 is 2.50 bits per heavy atom. The molecule has 0 saturated carbocycles. The first-order chi connectivity index (χ1) is 10.7. The summed E-state index contributed by atoms with van der Waals surface area (Å²) in [5.74, 6) is 1.88. The summed E-state index contributed by atoms with van der Waals surface area (Å²) in [5.41, 5.74) is 0.725. The van der Waals surface area contributed by atoms with Gasteiger partial charge in [0.25, 0.3) is 0 Å². The molecule has 2 N–H and O–H groups in total. The van der Waals surface area contributed by atoms with Crippen LogP contribution in [-0.4, -0.2) is 30.5 Å². The molecule has 3 rings (SSSR count). The Bertz CT molecular complexity index is 615. The van der Waals surface area contributed by atoms with Gasteiger partial charge in [-0.2, -0.15) is 0 Å². The van der Waals surface area contributed by atoms with Gasteiger partial charge in [0.1, 0.15) is 5.76 Å². The van der Waals surface area contributed by atoms with Gasteiger partial charge in [0.05, 0.1) is 17.0 Å². The quantitative estimate of drug-likeness (QED) is 0.888. The first kappa shape index (κ1) is 15.2. The Labute approximate surface area is 134 Å². The molecule has 1 unspecified atom stereocenters. The fourth-order valence-corrected chi connectivity index (χ4v) is 3.32. The molecule has 1 aliphatic heterocycles. The van der Waals surface area contributed by atoms with Crippen LogP contribution < -0.4 is 10.6 Å². The van der Waals surface area contributed by atoms with Crippen LogP contribution in [0.15, 0.2) is 21.9 Å². The average Bonchev–Trinajstić information content (AvgIpc) is 3.17. The highest BCUT2D eigenvalue weighted by molar-refractivity contribution is 7.13. The smallest absolute Gasteiger partial charge is 0.236 e. The number of aryl methyl sites for hydroxylation is 1. The maximum atomic E-state index is 12.1. The summed E-state index contributed by atoms with van der Waals surface area (Å²) in [6.07, 6.45) is 2.65. The number of nitrogens with zero attached hydrogens (tertiary/aromatic N) is 1. The van der Waals surface area contributed by atoms with Crippen LogP contribution in [0.4, 0.5) is 0 Å². The van der Waals surface area contributed by atoms with Crippen LogP contribution in [0.1, 0.15) is 24.3 Å². The normalized spacial score (nSPS) is 18.3. The third kappa shape index (κ3) is 3.75. The van der Waals surface area contributed by atoms with Crippen LogP contribution in [0.2, 0.25) is 0 Å². The molecule has 1 fully saturated rings. The minimum absolute atomic E-state index is 0.0136. The van der Waals surface area contributed by atoms with Gasteiger partial charge in [0.2, 0.25) is 11.8 Å². The lowest BCUT2D eigenvalue weighted by atomic mass is 10.00. The standard InChI is InChI=1S/C16H21N3O2S/c1-11-13(19-16(21-11)14-5-3-7-22-14)8-15(20)18-10-12-4-2-6-17-9-12/h3,5,7,12,17H,2,4,6,8-10H2,1H3,(H,18,20). The molecule has 0 spiro atoms. The summed E-state index contributed by atoms with van der Waals surface area (Å²) >= 11 is 1.58. The number of amides is 1. The first-order valence-electron chi connectivity index (χ1n) is 7.70. The van der Waals surface area contributed by atoms with Crippen molar-refractivity contribution in [1.29, 1.82) is 0 Å². The van der Waals surface area contributed by atoms with Crippen molar-refractivity contribution in [3.63, 3.8) is 0 Å². The summed E-state index contributed by atoms with van der Waals surface area (Å²) in [6.45, 7) is 4.68. The lowest BCUT2D eigenvalue weighted by Crippen LogP contribution is -2.38. The predicted octanol–water partition coefficient (Wildman–Crippen LogP) is 2.37. The minimum Gasteiger partial charge on any atom is -0.440 e. The zero-order valence-electron chi connectivity index (χ0n) is 12.7. The first-order valence-corrected chi connectivity index (χ1v) is 8.58. The largest absolute Gasteiger partial charge is 0.440 e. The second kappa shape index (κ2) is 7.07. The topological polar surface area (TPSA) is 67.2 Å². The third-order valence-corrected chi connectivity index (χ3v) is 4.80. The van der Waals surface area contributed by atoms with E-state index in [9.17, 15) is 4.79 Å². The van der Waals surface area contributed by atoms with Crippen LogP contribution in [0, 0.1) is 12.8 Å². The van der Waals surface area contributed by atoms with E-state index in [1.54, 1.807) is 11.3 Å². The second-order valence-corrected chi connectivity index (χ2v) is 6.64. The van der Waals surface area contributed by atoms with E-state index < -0.39 is 0 Å². The zero-order valence-corrected chi connectivity index (χ0v) is 13.5. The van der Waals surface area contributed by atoms with Gasteiger partial charge in [0.15, 0.2) is 0 Å². The molecule has 0 aromatic carbocycles. The number of nitrogens with one attached hydrogen (secondary N) is 2. The number of hydrogen-bond acceptors (Lipinski definition) is 5. The number of carbonyl (C=O) groups is 1. The Hall–Kier alpha value is -1.66. The SMILES string of the molecule is Cc1oc(-c2cccs2)nc1CC(=O)NCC1CCCNC1. The number of oxazole rings is 1. The summed E-state index contributed by atoms with van der Waals surface area (Å²) in [6, 6.07) is 3.93. The minimum atomic E-state index is 0.0136. The highest BCUT2D eigenvalue weighted by Gasteiger charge is 2.17.